The van der Waals surface area contributed by atoms with Crippen molar-refractivity contribution in [2.45, 2.75) is 6.54 Å². The molecular formula is C11H12N4O3S. The third-order valence-corrected chi connectivity index (χ3v) is 3.61. The normalized spacial score (nSPS) is 10.4. The number of thiophene rings is 1. The third-order valence-electron chi connectivity index (χ3n) is 2.65. The first kappa shape index (κ1) is 13.2. The van der Waals surface area contributed by atoms with Gasteiger partial charge in [-0.2, -0.15) is 0 Å². The molecule has 2 aromatic rings. The average Bonchev–Trinajstić information content (AvgIpc) is 2.86. The van der Waals surface area contributed by atoms with Gasteiger partial charge in [0.05, 0.1) is 11.4 Å². The number of nitrogens with zero attached hydrogens (tertiary/aromatic N) is 2. The first-order valence-electron chi connectivity index (χ1n) is 5.38. The van der Waals surface area contributed by atoms with E-state index in [1.54, 1.807) is 18.5 Å². The van der Waals surface area contributed by atoms with Gasteiger partial charge < -0.3 is 4.57 Å². The number of nitrogen functional groups attached to an aromatic ring is 1. The fourth-order valence-corrected chi connectivity index (χ4v) is 2.47. The van der Waals surface area contributed by atoms with Gasteiger partial charge in [-0.3, -0.25) is 19.6 Å². The van der Waals surface area contributed by atoms with Crippen molar-refractivity contribution in [2.75, 3.05) is 0 Å². The number of amides is 1. The van der Waals surface area contributed by atoms with Crippen molar-refractivity contribution >= 4 is 17.2 Å². The fraction of sp³-hybridized carbons (Fsp3) is 0.182. The van der Waals surface area contributed by atoms with Crippen molar-refractivity contribution in [3.05, 3.63) is 55.0 Å². The number of aryl methyl sites for hydroxylation is 1. The zero-order valence-corrected chi connectivity index (χ0v) is 10.9. The molecule has 7 nitrogen and oxygen atoms in total. The summed E-state index contributed by atoms with van der Waals surface area (Å²) in [5, 5.41) is 1.71. The molecule has 0 radical (unpaired) electrons. The maximum Gasteiger partial charge on any atom is 0.331 e. The first-order valence-corrected chi connectivity index (χ1v) is 6.26. The minimum Gasteiger partial charge on any atom is -0.303 e. The molecule has 0 aromatic carbocycles. The number of aromatic nitrogens is 2. The average molecular weight is 280 g/mol. The summed E-state index contributed by atoms with van der Waals surface area (Å²) in [4.78, 5) is 35.5. The highest BCUT2D eigenvalue weighted by atomic mass is 32.1. The standard InChI is InChI=1S/C11H12N4O3S/c1-14-4-2-8(16)15(11(14)18)6-7-3-5-19-9(7)10(17)13-12/h2-5H,6,12H2,1H3,(H,13,17). The van der Waals surface area contributed by atoms with E-state index in [4.69, 9.17) is 5.84 Å². The number of nitrogens with one attached hydrogen (secondary N) is 1. The first-order chi connectivity index (χ1) is 9.04. The zero-order valence-electron chi connectivity index (χ0n) is 10.1. The van der Waals surface area contributed by atoms with Gasteiger partial charge in [-0.05, 0) is 17.0 Å². The topological polar surface area (TPSA) is 99.1 Å². The zero-order chi connectivity index (χ0) is 14.0. The maximum atomic E-state index is 11.9. The number of hydrogen-bond acceptors (Lipinski definition) is 5. The molecule has 8 heteroatoms. The number of carbonyl (C=O) groups excluding carboxylic acids is 1. The third kappa shape index (κ3) is 2.49. The Kier molecular flexibility index (Phi) is 3.63. The van der Waals surface area contributed by atoms with Gasteiger partial charge in [0, 0.05) is 19.3 Å². The van der Waals surface area contributed by atoms with Gasteiger partial charge in [0.15, 0.2) is 0 Å². The second-order valence-corrected chi connectivity index (χ2v) is 4.80. The SMILES string of the molecule is Cn1ccc(=O)n(Cc2ccsc2C(=O)NN)c1=O. The Morgan fingerprint density at radius 3 is 2.84 bits per heavy atom. The number of hydrazine groups is 1. The van der Waals surface area contributed by atoms with Crippen LogP contribution in [0.5, 0.6) is 0 Å². The summed E-state index contributed by atoms with van der Waals surface area (Å²) in [6.45, 7) is 0.0403. The highest BCUT2D eigenvalue weighted by molar-refractivity contribution is 7.12. The molecular weight excluding hydrogens is 268 g/mol. The summed E-state index contributed by atoms with van der Waals surface area (Å²) < 4.78 is 2.37. The Balaban J connectivity index is 2.46. The van der Waals surface area contributed by atoms with Gasteiger partial charge in [-0.1, -0.05) is 0 Å². The molecule has 0 aliphatic carbocycles. The fourth-order valence-electron chi connectivity index (χ4n) is 1.65. The molecule has 0 atom stereocenters. The molecule has 0 aliphatic rings. The van der Waals surface area contributed by atoms with Crippen LogP contribution in [0.25, 0.3) is 0 Å². The Bertz CT molecular complexity index is 728. The van der Waals surface area contributed by atoms with Crippen molar-refractivity contribution in [3.8, 4) is 0 Å². The lowest BCUT2D eigenvalue weighted by atomic mass is 10.2. The van der Waals surface area contributed by atoms with Crippen LogP contribution in [0.3, 0.4) is 0 Å². The Hall–Kier alpha value is -2.19. The summed E-state index contributed by atoms with van der Waals surface area (Å²) in [5.74, 6) is 4.64. The molecule has 100 valence electrons. The Labute approximate surface area is 111 Å². The van der Waals surface area contributed by atoms with Gasteiger partial charge in [0.2, 0.25) is 0 Å². The summed E-state index contributed by atoms with van der Waals surface area (Å²) in [6, 6.07) is 2.99. The van der Waals surface area contributed by atoms with E-state index in [1.807, 2.05) is 5.43 Å². The van der Waals surface area contributed by atoms with Crippen molar-refractivity contribution in [2.24, 2.45) is 12.9 Å². The van der Waals surface area contributed by atoms with Crippen LogP contribution < -0.4 is 22.5 Å². The highest BCUT2D eigenvalue weighted by Crippen LogP contribution is 2.16. The van der Waals surface area contributed by atoms with E-state index >= 15 is 0 Å². The minimum atomic E-state index is -0.439. The van der Waals surface area contributed by atoms with Gasteiger partial charge in [0.1, 0.15) is 0 Å². The molecule has 1 amide bonds. The van der Waals surface area contributed by atoms with Crippen molar-refractivity contribution in [1.29, 1.82) is 0 Å². The molecule has 0 spiro atoms. The largest absolute Gasteiger partial charge is 0.331 e. The van der Waals surface area contributed by atoms with Crippen LogP contribution in [-0.4, -0.2) is 15.0 Å². The van der Waals surface area contributed by atoms with Crippen LogP contribution in [0.2, 0.25) is 0 Å². The predicted molar refractivity (Wildman–Crippen MR) is 71.0 cm³/mol. The summed E-state index contributed by atoms with van der Waals surface area (Å²) >= 11 is 1.20. The second-order valence-electron chi connectivity index (χ2n) is 3.88. The second kappa shape index (κ2) is 5.21. The number of carbonyl (C=O) groups is 1. The molecule has 0 unspecified atom stereocenters. The van der Waals surface area contributed by atoms with Gasteiger partial charge in [-0.25, -0.2) is 10.6 Å². The quantitative estimate of drug-likeness (QED) is 0.439. The summed E-state index contributed by atoms with van der Waals surface area (Å²) in [5.41, 5.74) is 1.78. The van der Waals surface area contributed by atoms with E-state index < -0.39 is 17.2 Å². The highest BCUT2D eigenvalue weighted by Gasteiger charge is 2.14. The molecule has 2 aromatic heterocycles. The monoisotopic (exact) mass is 280 g/mol. The van der Waals surface area contributed by atoms with Crippen molar-refractivity contribution in [3.63, 3.8) is 0 Å². The van der Waals surface area contributed by atoms with Crippen molar-refractivity contribution in [1.82, 2.24) is 14.6 Å². The van der Waals surface area contributed by atoms with E-state index in [0.717, 1.165) is 4.57 Å². The predicted octanol–water partition coefficient (Wildman–Crippen LogP) is -0.740. The van der Waals surface area contributed by atoms with Crippen LogP contribution in [0.15, 0.2) is 33.3 Å². The van der Waals surface area contributed by atoms with Crippen LogP contribution in [0.4, 0.5) is 0 Å². The lowest BCUT2D eigenvalue weighted by molar-refractivity contribution is 0.0956. The molecule has 0 saturated heterocycles. The Morgan fingerprint density at radius 1 is 1.42 bits per heavy atom. The molecule has 0 bridgehead atoms. The summed E-state index contributed by atoms with van der Waals surface area (Å²) in [7, 11) is 1.55. The van der Waals surface area contributed by atoms with Gasteiger partial charge in [-0.15, -0.1) is 11.3 Å². The van der Waals surface area contributed by atoms with Gasteiger partial charge >= 0.3 is 5.69 Å². The summed E-state index contributed by atoms with van der Waals surface area (Å²) in [6.07, 6.45) is 1.41. The lowest BCUT2D eigenvalue weighted by Crippen LogP contribution is -2.38. The number of hydrogen-bond donors (Lipinski definition) is 2. The van der Waals surface area contributed by atoms with Crippen LogP contribution >= 0.6 is 11.3 Å². The molecule has 2 heterocycles. The lowest BCUT2D eigenvalue weighted by Gasteiger charge is -2.07. The van der Waals surface area contributed by atoms with Crippen LogP contribution in [0, 0.1) is 0 Å². The molecule has 0 fully saturated rings. The molecule has 0 saturated carbocycles. The molecule has 2 rings (SSSR count). The Morgan fingerprint density at radius 2 is 2.16 bits per heavy atom. The van der Waals surface area contributed by atoms with Crippen LogP contribution in [0.1, 0.15) is 15.2 Å². The maximum absolute atomic E-state index is 11.9. The van der Waals surface area contributed by atoms with E-state index in [2.05, 4.69) is 0 Å². The number of nitrogens with two attached hydrogens (primary N) is 1. The van der Waals surface area contributed by atoms with E-state index in [1.165, 1.54) is 28.2 Å². The smallest absolute Gasteiger partial charge is 0.303 e. The van der Waals surface area contributed by atoms with E-state index in [0.29, 0.717) is 10.4 Å². The number of rotatable bonds is 3. The van der Waals surface area contributed by atoms with Crippen LogP contribution in [-0.2, 0) is 13.6 Å². The molecule has 19 heavy (non-hydrogen) atoms. The van der Waals surface area contributed by atoms with Gasteiger partial charge in [0.25, 0.3) is 11.5 Å². The molecule has 3 N–H and O–H groups in total. The van der Waals surface area contributed by atoms with Crippen molar-refractivity contribution < 1.29 is 4.79 Å². The van der Waals surface area contributed by atoms with E-state index in [9.17, 15) is 14.4 Å². The van der Waals surface area contributed by atoms with E-state index in [-0.39, 0.29) is 6.54 Å². The minimum absolute atomic E-state index is 0.0403. The molecule has 0 aliphatic heterocycles.